The summed E-state index contributed by atoms with van der Waals surface area (Å²) in [6.45, 7) is 2.01. The average Bonchev–Trinajstić information content (AvgIpc) is 3.06. The molecule has 0 unspecified atom stereocenters. The van der Waals surface area contributed by atoms with E-state index in [2.05, 4.69) is 4.99 Å². The summed E-state index contributed by atoms with van der Waals surface area (Å²) in [5.74, 6) is 0.393. The Morgan fingerprint density at radius 1 is 0.966 bits per heavy atom. The predicted molar refractivity (Wildman–Crippen MR) is 113 cm³/mol. The number of benzene rings is 3. The van der Waals surface area contributed by atoms with E-state index in [9.17, 15) is 9.18 Å². The van der Waals surface area contributed by atoms with Crippen molar-refractivity contribution in [3.63, 3.8) is 0 Å². The van der Waals surface area contributed by atoms with Crippen LogP contribution in [0.1, 0.15) is 16.7 Å². The van der Waals surface area contributed by atoms with E-state index in [0.717, 1.165) is 11.1 Å². The number of anilines is 1. The number of halogens is 1. The third-order valence-corrected chi connectivity index (χ3v) is 4.67. The van der Waals surface area contributed by atoms with Gasteiger partial charge in [-0.3, -0.25) is 9.69 Å². The highest BCUT2D eigenvalue weighted by Gasteiger charge is 2.33. The number of aryl methyl sites for hydroxylation is 1. The number of carbonyl (C=O) groups is 1. The van der Waals surface area contributed by atoms with Crippen LogP contribution in [0.25, 0.3) is 6.08 Å². The molecule has 0 spiro atoms. The van der Waals surface area contributed by atoms with E-state index in [4.69, 9.17) is 4.74 Å². The molecule has 3 aromatic carbocycles. The van der Waals surface area contributed by atoms with Gasteiger partial charge in [0.2, 0.25) is 0 Å². The van der Waals surface area contributed by atoms with E-state index in [1.54, 1.807) is 25.3 Å². The quantitative estimate of drug-likeness (QED) is 0.594. The Bertz CT molecular complexity index is 1120. The minimum Gasteiger partial charge on any atom is -0.496 e. The molecule has 0 aliphatic carbocycles. The van der Waals surface area contributed by atoms with Crippen LogP contribution in [0.5, 0.6) is 5.75 Å². The van der Waals surface area contributed by atoms with Crippen molar-refractivity contribution in [2.45, 2.75) is 6.92 Å². The van der Waals surface area contributed by atoms with E-state index in [-0.39, 0.29) is 11.7 Å². The summed E-state index contributed by atoms with van der Waals surface area (Å²) < 4.78 is 18.9. The van der Waals surface area contributed by atoms with Crippen molar-refractivity contribution in [2.24, 2.45) is 4.99 Å². The maximum absolute atomic E-state index is 13.4. The van der Waals surface area contributed by atoms with Crippen molar-refractivity contribution in [1.82, 2.24) is 0 Å². The monoisotopic (exact) mass is 386 g/mol. The number of para-hydroxylation sites is 1. The first-order chi connectivity index (χ1) is 14.1. The number of carbonyl (C=O) groups excluding carboxylic acids is 1. The summed E-state index contributed by atoms with van der Waals surface area (Å²) in [6.07, 6.45) is 1.75. The molecule has 1 heterocycles. The molecule has 29 heavy (non-hydrogen) atoms. The van der Waals surface area contributed by atoms with Crippen LogP contribution in [0.4, 0.5) is 10.1 Å². The number of aliphatic imine (C=N–C) groups is 1. The van der Waals surface area contributed by atoms with Crippen molar-refractivity contribution < 1.29 is 13.9 Å². The summed E-state index contributed by atoms with van der Waals surface area (Å²) in [5.41, 5.74) is 3.53. The molecule has 0 atom stereocenters. The standard InChI is InChI=1S/C24H19FN2O2/c1-16-7-9-17(10-8-16)15-21-24(28)27(19-13-11-18(25)12-14-19)23(26-21)20-5-3-4-6-22(20)29-2/h3-15H,1-2H3/b21-15+. The van der Waals surface area contributed by atoms with Gasteiger partial charge in [-0.05, 0) is 55.0 Å². The molecule has 1 aliphatic rings. The van der Waals surface area contributed by atoms with Crippen molar-refractivity contribution in [1.29, 1.82) is 0 Å². The van der Waals surface area contributed by atoms with Crippen LogP contribution >= 0.6 is 0 Å². The van der Waals surface area contributed by atoms with E-state index in [0.29, 0.717) is 28.5 Å². The maximum Gasteiger partial charge on any atom is 0.282 e. The Balaban J connectivity index is 1.85. The first kappa shape index (κ1) is 18.6. The molecule has 0 saturated carbocycles. The van der Waals surface area contributed by atoms with Crippen LogP contribution in [-0.2, 0) is 4.79 Å². The molecule has 1 aliphatic heterocycles. The molecular formula is C24H19FN2O2. The fraction of sp³-hybridized carbons (Fsp3) is 0.0833. The molecule has 4 rings (SSSR count). The van der Waals surface area contributed by atoms with Gasteiger partial charge in [0.25, 0.3) is 5.91 Å². The first-order valence-corrected chi connectivity index (χ1v) is 9.17. The number of hydrogen-bond acceptors (Lipinski definition) is 3. The zero-order chi connectivity index (χ0) is 20.4. The first-order valence-electron chi connectivity index (χ1n) is 9.17. The molecule has 144 valence electrons. The second-order valence-corrected chi connectivity index (χ2v) is 6.69. The Morgan fingerprint density at radius 3 is 2.34 bits per heavy atom. The summed E-state index contributed by atoms with van der Waals surface area (Å²) in [5, 5.41) is 0. The molecule has 1 amide bonds. The third-order valence-electron chi connectivity index (χ3n) is 4.67. The lowest BCUT2D eigenvalue weighted by Gasteiger charge is -2.19. The third kappa shape index (κ3) is 3.67. The van der Waals surface area contributed by atoms with Gasteiger partial charge < -0.3 is 4.74 Å². The largest absolute Gasteiger partial charge is 0.496 e. The number of hydrogen-bond donors (Lipinski definition) is 0. The minimum atomic E-state index is -0.369. The second-order valence-electron chi connectivity index (χ2n) is 6.69. The lowest BCUT2D eigenvalue weighted by molar-refractivity contribution is -0.113. The Morgan fingerprint density at radius 2 is 1.66 bits per heavy atom. The van der Waals surface area contributed by atoms with Crippen molar-refractivity contribution in [2.75, 3.05) is 12.0 Å². The molecule has 0 bridgehead atoms. The highest BCUT2D eigenvalue weighted by molar-refractivity contribution is 6.33. The van der Waals surface area contributed by atoms with Crippen LogP contribution in [0.15, 0.2) is 83.5 Å². The molecule has 0 radical (unpaired) electrons. The van der Waals surface area contributed by atoms with Crippen LogP contribution in [0.3, 0.4) is 0 Å². The predicted octanol–water partition coefficient (Wildman–Crippen LogP) is 4.98. The zero-order valence-electron chi connectivity index (χ0n) is 16.1. The van der Waals surface area contributed by atoms with Crippen molar-refractivity contribution >= 4 is 23.5 Å². The number of amides is 1. The zero-order valence-corrected chi connectivity index (χ0v) is 16.1. The summed E-state index contributed by atoms with van der Waals surface area (Å²) in [4.78, 5) is 19.4. The van der Waals surface area contributed by atoms with Gasteiger partial charge in [0.05, 0.1) is 18.4 Å². The molecule has 0 saturated heterocycles. The molecule has 3 aromatic rings. The summed E-state index contributed by atoms with van der Waals surface area (Å²) >= 11 is 0. The van der Waals surface area contributed by atoms with Crippen LogP contribution in [-0.4, -0.2) is 18.9 Å². The van der Waals surface area contributed by atoms with Gasteiger partial charge in [-0.25, -0.2) is 9.38 Å². The SMILES string of the molecule is COc1ccccc1C1=N/C(=C/c2ccc(C)cc2)C(=O)N1c1ccc(F)cc1. The van der Waals surface area contributed by atoms with E-state index in [1.807, 2.05) is 55.5 Å². The topological polar surface area (TPSA) is 41.9 Å². The van der Waals surface area contributed by atoms with Gasteiger partial charge in [-0.1, -0.05) is 42.0 Å². The molecular weight excluding hydrogens is 367 g/mol. The summed E-state index contributed by atoms with van der Waals surface area (Å²) in [6, 6.07) is 21.0. The number of rotatable bonds is 4. The Kier molecular flexibility index (Phi) is 4.96. The Labute approximate surface area is 168 Å². The van der Waals surface area contributed by atoms with Gasteiger partial charge in [0.1, 0.15) is 17.3 Å². The highest BCUT2D eigenvalue weighted by Crippen LogP contribution is 2.31. The van der Waals surface area contributed by atoms with E-state index >= 15 is 0 Å². The number of nitrogens with zero attached hydrogens (tertiary/aromatic N) is 2. The van der Waals surface area contributed by atoms with Crippen LogP contribution < -0.4 is 9.64 Å². The number of methoxy groups -OCH3 is 1. The molecule has 0 N–H and O–H groups in total. The molecule has 5 heteroatoms. The van der Waals surface area contributed by atoms with Crippen LogP contribution in [0, 0.1) is 12.7 Å². The highest BCUT2D eigenvalue weighted by atomic mass is 19.1. The van der Waals surface area contributed by atoms with E-state index in [1.165, 1.54) is 17.0 Å². The molecule has 0 fully saturated rings. The van der Waals surface area contributed by atoms with Gasteiger partial charge in [0.15, 0.2) is 5.84 Å². The molecule has 4 nitrogen and oxygen atoms in total. The smallest absolute Gasteiger partial charge is 0.282 e. The van der Waals surface area contributed by atoms with Gasteiger partial charge in [0, 0.05) is 0 Å². The summed E-state index contributed by atoms with van der Waals surface area (Å²) in [7, 11) is 1.57. The Hall–Kier alpha value is -3.73. The maximum atomic E-state index is 13.4. The van der Waals surface area contributed by atoms with Gasteiger partial charge >= 0.3 is 0 Å². The lowest BCUT2D eigenvalue weighted by Crippen LogP contribution is -2.32. The fourth-order valence-electron chi connectivity index (χ4n) is 3.18. The number of ether oxygens (including phenoxy) is 1. The number of amidine groups is 1. The van der Waals surface area contributed by atoms with Crippen molar-refractivity contribution in [3.05, 3.63) is 101 Å². The van der Waals surface area contributed by atoms with Crippen LogP contribution in [0.2, 0.25) is 0 Å². The lowest BCUT2D eigenvalue weighted by atomic mass is 10.1. The fourth-order valence-corrected chi connectivity index (χ4v) is 3.18. The minimum absolute atomic E-state index is 0.280. The van der Waals surface area contributed by atoms with Gasteiger partial charge in [-0.15, -0.1) is 0 Å². The second kappa shape index (κ2) is 7.72. The average molecular weight is 386 g/mol. The normalized spacial score (nSPS) is 15.0. The van der Waals surface area contributed by atoms with Gasteiger partial charge in [-0.2, -0.15) is 0 Å². The molecule has 0 aromatic heterocycles. The van der Waals surface area contributed by atoms with E-state index < -0.39 is 0 Å². The van der Waals surface area contributed by atoms with Crippen molar-refractivity contribution in [3.8, 4) is 5.75 Å².